The summed E-state index contributed by atoms with van der Waals surface area (Å²) in [6.45, 7) is 4.48. The number of carbonyl (C=O) groups is 2. The monoisotopic (exact) mass is 306 g/mol. The van der Waals surface area contributed by atoms with Crippen LogP contribution in [0.1, 0.15) is 27.2 Å². The van der Waals surface area contributed by atoms with Gasteiger partial charge in [0, 0.05) is 13.3 Å². The van der Waals surface area contributed by atoms with Gasteiger partial charge in [-0.05, 0) is 26.0 Å². The predicted octanol–water partition coefficient (Wildman–Crippen LogP) is 1.74. The Morgan fingerprint density at radius 1 is 1.27 bits per heavy atom. The average molecular weight is 306 g/mol. The van der Waals surface area contributed by atoms with Gasteiger partial charge in [0.2, 0.25) is 5.78 Å². The third kappa shape index (κ3) is 5.03. The number of aromatic hydroxyl groups is 1. The van der Waals surface area contributed by atoms with Crippen LogP contribution in [0, 0.1) is 0 Å². The fourth-order valence-corrected chi connectivity index (χ4v) is 1.83. The van der Waals surface area contributed by atoms with Crippen molar-refractivity contribution >= 4 is 17.5 Å². The van der Waals surface area contributed by atoms with Gasteiger partial charge in [-0.2, -0.15) is 4.79 Å². The number of phenols is 1. The Balaban J connectivity index is 2.56. The minimum atomic E-state index is -0.989. The van der Waals surface area contributed by atoms with Crippen LogP contribution in [0.3, 0.4) is 0 Å². The van der Waals surface area contributed by atoms with Gasteiger partial charge >= 0.3 is 11.7 Å². The van der Waals surface area contributed by atoms with Crippen molar-refractivity contribution in [3.8, 4) is 11.5 Å². The van der Waals surface area contributed by atoms with Gasteiger partial charge < -0.3 is 20.1 Å². The van der Waals surface area contributed by atoms with Crippen LogP contribution in [0.2, 0.25) is 0 Å². The maximum absolute atomic E-state index is 11.6. The molecule has 0 unspecified atom stereocenters. The van der Waals surface area contributed by atoms with Gasteiger partial charge in [-0.15, -0.1) is 0 Å². The SMILES string of the molecule is CC(=O)C(=[N+]=[N-])C(=O)O[C@@H](C)C[C@H](C)Oc1ccccc1O. The van der Waals surface area contributed by atoms with Crippen molar-refractivity contribution in [2.75, 3.05) is 0 Å². The van der Waals surface area contributed by atoms with Crippen molar-refractivity contribution in [2.45, 2.75) is 39.4 Å². The maximum Gasteiger partial charge on any atom is 0.441 e. The summed E-state index contributed by atoms with van der Waals surface area (Å²) in [5.41, 5.74) is 7.95. The number of Topliss-reactive ketones (excluding diaryl/α,β-unsaturated/α-hetero) is 1. The van der Waals surface area contributed by atoms with E-state index in [1.54, 1.807) is 32.0 Å². The first-order valence-corrected chi connectivity index (χ1v) is 6.73. The lowest BCUT2D eigenvalue weighted by molar-refractivity contribution is -0.146. The summed E-state index contributed by atoms with van der Waals surface area (Å²) in [6, 6.07) is 6.52. The van der Waals surface area contributed by atoms with Crippen LogP contribution >= 0.6 is 0 Å². The van der Waals surface area contributed by atoms with E-state index >= 15 is 0 Å². The number of hydrogen-bond donors (Lipinski definition) is 1. The average Bonchev–Trinajstić information content (AvgIpc) is 2.41. The number of carbonyl (C=O) groups excluding carboxylic acids is 2. The molecule has 1 rings (SSSR count). The van der Waals surface area contributed by atoms with E-state index < -0.39 is 23.6 Å². The molecular weight excluding hydrogens is 288 g/mol. The molecule has 0 radical (unpaired) electrons. The molecule has 1 N–H and O–H groups in total. The van der Waals surface area contributed by atoms with Gasteiger partial charge in [-0.3, -0.25) is 4.79 Å². The van der Waals surface area contributed by atoms with Gasteiger partial charge in [0.25, 0.3) is 0 Å². The minimum absolute atomic E-state index is 0.0188. The number of rotatable bonds is 7. The molecule has 0 saturated heterocycles. The number of hydrogen-bond acceptors (Lipinski definition) is 5. The van der Waals surface area contributed by atoms with Crippen molar-refractivity contribution in [1.29, 1.82) is 0 Å². The van der Waals surface area contributed by atoms with E-state index in [4.69, 9.17) is 15.0 Å². The summed E-state index contributed by atoms with van der Waals surface area (Å²) >= 11 is 0. The third-order valence-electron chi connectivity index (χ3n) is 2.79. The molecule has 0 amide bonds. The highest BCUT2D eigenvalue weighted by Crippen LogP contribution is 2.26. The molecule has 0 saturated carbocycles. The number of esters is 1. The van der Waals surface area contributed by atoms with Gasteiger partial charge in [-0.1, -0.05) is 12.1 Å². The van der Waals surface area contributed by atoms with Crippen LogP contribution in [-0.2, 0) is 14.3 Å². The van der Waals surface area contributed by atoms with Crippen LogP contribution in [0.5, 0.6) is 11.5 Å². The lowest BCUT2D eigenvalue weighted by atomic mass is 10.2. The first-order chi connectivity index (χ1) is 10.3. The molecule has 0 aliphatic rings. The van der Waals surface area contributed by atoms with E-state index in [-0.39, 0.29) is 11.9 Å². The van der Waals surface area contributed by atoms with Crippen LogP contribution in [0.15, 0.2) is 24.3 Å². The number of para-hydroxylation sites is 2. The highest BCUT2D eigenvalue weighted by molar-refractivity contribution is 6.61. The van der Waals surface area contributed by atoms with E-state index in [1.165, 1.54) is 6.07 Å². The highest BCUT2D eigenvalue weighted by Gasteiger charge is 2.29. The predicted molar refractivity (Wildman–Crippen MR) is 77.7 cm³/mol. The lowest BCUT2D eigenvalue weighted by Crippen LogP contribution is -2.30. The standard InChI is InChI=1S/C15H18N2O5/c1-9(21-13-7-5-4-6-12(13)19)8-10(2)22-15(20)14(17-16)11(3)18/h4-7,9-10,19H,8H2,1-3H3/t9-,10-/m0/s1. The minimum Gasteiger partial charge on any atom is -0.504 e. The van der Waals surface area contributed by atoms with E-state index in [0.717, 1.165) is 6.92 Å². The summed E-state index contributed by atoms with van der Waals surface area (Å²) in [5, 5.41) is 9.61. The van der Waals surface area contributed by atoms with Crippen molar-refractivity contribution in [2.24, 2.45) is 0 Å². The summed E-state index contributed by atoms with van der Waals surface area (Å²) < 4.78 is 10.6. The second kappa shape index (κ2) is 7.95. The molecule has 118 valence electrons. The molecule has 1 aromatic rings. The molecule has 0 fully saturated rings. The second-order valence-electron chi connectivity index (χ2n) is 4.85. The Labute approximate surface area is 128 Å². The summed E-state index contributed by atoms with van der Waals surface area (Å²) in [4.78, 5) is 25.3. The van der Waals surface area contributed by atoms with Crippen LogP contribution in [0.25, 0.3) is 5.53 Å². The van der Waals surface area contributed by atoms with Crippen molar-refractivity contribution in [3.63, 3.8) is 0 Å². The number of benzene rings is 1. The molecule has 22 heavy (non-hydrogen) atoms. The van der Waals surface area contributed by atoms with Gasteiger partial charge in [-0.25, -0.2) is 4.79 Å². The molecule has 2 atom stereocenters. The van der Waals surface area contributed by atoms with Crippen LogP contribution in [0.4, 0.5) is 0 Å². The zero-order valence-corrected chi connectivity index (χ0v) is 12.6. The lowest BCUT2D eigenvalue weighted by Gasteiger charge is -2.19. The zero-order valence-electron chi connectivity index (χ0n) is 12.6. The first-order valence-electron chi connectivity index (χ1n) is 6.73. The Bertz CT molecular complexity index is 608. The molecule has 1 aromatic carbocycles. The zero-order chi connectivity index (χ0) is 16.7. The maximum atomic E-state index is 11.6. The van der Waals surface area contributed by atoms with Crippen LogP contribution in [-0.4, -0.2) is 39.6 Å². The summed E-state index contributed by atoms with van der Waals surface area (Å²) in [7, 11) is 0. The summed E-state index contributed by atoms with van der Waals surface area (Å²) in [5.74, 6) is -1.32. The Hall–Kier alpha value is -2.66. The molecule has 0 aliphatic carbocycles. The Morgan fingerprint density at radius 3 is 2.45 bits per heavy atom. The Kier molecular flexibility index (Phi) is 6.28. The number of ether oxygens (including phenoxy) is 2. The van der Waals surface area contributed by atoms with E-state index in [1.807, 2.05) is 0 Å². The van der Waals surface area contributed by atoms with E-state index in [2.05, 4.69) is 4.79 Å². The fraction of sp³-hybridized carbons (Fsp3) is 0.400. The van der Waals surface area contributed by atoms with Crippen molar-refractivity contribution in [1.82, 2.24) is 0 Å². The fourth-order valence-electron chi connectivity index (χ4n) is 1.83. The normalized spacial score (nSPS) is 12.7. The smallest absolute Gasteiger partial charge is 0.441 e. The summed E-state index contributed by atoms with van der Waals surface area (Å²) in [6.07, 6.45) is -0.580. The molecule has 0 aliphatic heterocycles. The molecule has 0 aromatic heterocycles. The van der Waals surface area contributed by atoms with Gasteiger partial charge in [0.15, 0.2) is 11.5 Å². The largest absolute Gasteiger partial charge is 0.504 e. The van der Waals surface area contributed by atoms with Gasteiger partial charge in [0.05, 0.1) is 6.10 Å². The highest BCUT2D eigenvalue weighted by atomic mass is 16.5. The van der Waals surface area contributed by atoms with Crippen molar-refractivity contribution in [3.05, 3.63) is 29.8 Å². The van der Waals surface area contributed by atoms with E-state index in [0.29, 0.717) is 12.2 Å². The van der Waals surface area contributed by atoms with Gasteiger partial charge in [0.1, 0.15) is 6.10 Å². The molecular formula is C15H18N2O5. The third-order valence-corrected chi connectivity index (χ3v) is 2.79. The number of phenolic OH excluding ortho intramolecular Hbond substituents is 1. The second-order valence-corrected chi connectivity index (χ2v) is 4.85. The number of nitrogens with zero attached hydrogens (tertiary/aromatic N) is 2. The quantitative estimate of drug-likeness (QED) is 0.271. The van der Waals surface area contributed by atoms with E-state index in [9.17, 15) is 14.7 Å². The molecule has 7 heteroatoms. The topological polar surface area (TPSA) is 109 Å². The van der Waals surface area contributed by atoms with Crippen molar-refractivity contribution < 1.29 is 29.0 Å². The number of ketones is 1. The molecule has 7 nitrogen and oxygen atoms in total. The molecule has 0 heterocycles. The molecule has 0 bridgehead atoms. The molecule has 0 spiro atoms. The Morgan fingerprint density at radius 2 is 1.91 bits per heavy atom. The first kappa shape index (κ1) is 17.4. The van der Waals surface area contributed by atoms with Crippen LogP contribution < -0.4 is 4.74 Å².